The molecule has 0 aliphatic rings. The molecular weight excluding hydrogens is 1290 g/mol. The van der Waals surface area contributed by atoms with Gasteiger partial charge in [0, 0.05) is 134 Å². The quantitative estimate of drug-likeness (QED) is 0.286. The van der Waals surface area contributed by atoms with E-state index in [4.69, 9.17) is 24.5 Å². The largest absolute Gasteiger partial charge is 0.542 e. The second-order valence-corrected chi connectivity index (χ2v) is 2.40. The molecule has 2 N–H and O–H groups in total. The monoisotopic (exact) mass is 1310 g/mol. The van der Waals surface area contributed by atoms with Gasteiger partial charge in [-0.25, -0.2) is 0 Å². The van der Waals surface area contributed by atoms with Gasteiger partial charge in [-0.3, -0.25) is 6.29 Å². The number of carbonyl (C=O) groups excluding carboxylic acids is 1. The molecule has 11 heteroatoms. The topological polar surface area (TPSA) is 76.0 Å². The van der Waals surface area contributed by atoms with Crippen molar-refractivity contribution in [3.05, 3.63) is 0 Å². The Morgan fingerprint density at radius 1 is 1.00 bits per heavy atom. The van der Waals surface area contributed by atoms with E-state index in [9.17, 15) is 0 Å². The fourth-order valence-electron chi connectivity index (χ4n) is 0.656. The van der Waals surface area contributed by atoms with Gasteiger partial charge in [0.25, 0.3) is 0 Å². The van der Waals surface area contributed by atoms with Crippen molar-refractivity contribution < 1.29 is 151 Å². The van der Waals surface area contributed by atoms with Gasteiger partial charge >= 0.3 is 0 Å². The van der Waals surface area contributed by atoms with Crippen molar-refractivity contribution in [3.63, 3.8) is 0 Å². The summed E-state index contributed by atoms with van der Waals surface area (Å²) < 4.78 is 9.88. The van der Waals surface area contributed by atoms with Gasteiger partial charge in [-0.05, 0) is 6.42 Å². The fourth-order valence-corrected chi connectivity index (χ4v) is 0.656. The minimum Gasteiger partial charge on any atom is -0.542 e. The van der Waals surface area contributed by atoms with Crippen LogP contribution in [0.4, 0.5) is 0 Å². The summed E-state index contributed by atoms with van der Waals surface area (Å²) in [6, 6.07) is 0. The Bertz CT molecular complexity index is 117. The summed E-state index contributed by atoms with van der Waals surface area (Å²) in [6.45, 7) is 2.98. The van der Waals surface area contributed by atoms with Crippen molar-refractivity contribution >= 4 is 6.29 Å². The molecule has 5 nitrogen and oxygen atoms in total. The van der Waals surface area contributed by atoms with Crippen LogP contribution in [0.2, 0.25) is 0 Å². The van der Waals surface area contributed by atoms with Gasteiger partial charge < -0.3 is 24.5 Å². The van der Waals surface area contributed by atoms with Crippen molar-refractivity contribution in [1.29, 1.82) is 0 Å². The SMILES string of the molecule is CCC(CO)OC(CO)OC.C[C-]=O.[W].[W].[W].[W].[W].[W]. The molecular formula is C9H19O5W6-. The Labute approximate surface area is 207 Å². The van der Waals surface area contributed by atoms with Gasteiger partial charge in [0.05, 0.1) is 19.3 Å². The molecule has 2 unspecified atom stereocenters. The number of hydrogen-bond donors (Lipinski definition) is 2. The Morgan fingerprint density at radius 3 is 1.50 bits per heavy atom. The average molecular weight is 1310 g/mol. The molecule has 0 bridgehead atoms. The third-order valence-electron chi connectivity index (χ3n) is 1.42. The van der Waals surface area contributed by atoms with Gasteiger partial charge in [-0.2, -0.15) is 6.92 Å². The van der Waals surface area contributed by atoms with Crippen LogP contribution in [0, 0.1) is 0 Å². The molecule has 0 radical (unpaired) electrons. The molecule has 0 rings (SSSR count). The van der Waals surface area contributed by atoms with E-state index in [0.29, 0.717) is 6.42 Å². The normalized spacial score (nSPS) is 9.65. The van der Waals surface area contributed by atoms with E-state index >= 15 is 0 Å². The van der Waals surface area contributed by atoms with Crippen LogP contribution in [-0.2, 0) is 141 Å². The number of aliphatic hydroxyl groups is 2. The van der Waals surface area contributed by atoms with E-state index in [1.807, 2.05) is 6.92 Å². The Kier molecular flexibility index (Phi) is 107. The van der Waals surface area contributed by atoms with Crippen LogP contribution >= 0.6 is 0 Å². The Morgan fingerprint density at radius 2 is 1.35 bits per heavy atom. The van der Waals surface area contributed by atoms with Gasteiger partial charge in [0.1, 0.15) is 0 Å². The van der Waals surface area contributed by atoms with Crippen LogP contribution in [0.3, 0.4) is 0 Å². The molecule has 0 fully saturated rings. The predicted molar refractivity (Wildman–Crippen MR) is 51.5 cm³/mol. The molecule has 0 aliphatic heterocycles. The van der Waals surface area contributed by atoms with E-state index in [0.717, 1.165) is 0 Å². The zero-order chi connectivity index (χ0) is 11.4. The molecule has 0 amide bonds. The first-order chi connectivity index (χ1) is 6.69. The van der Waals surface area contributed by atoms with Crippen LogP contribution < -0.4 is 0 Å². The standard InChI is InChI=1S/C7H16O4.C2H3O.6W/c1-3-6(4-8)11-7(5-9)10-2;1-2-3;;;;;;/h6-9H,3-5H2,1-2H3;1H3;;;;;;/q;-1;;;;;;. The second kappa shape index (κ2) is 43.3. The molecule has 0 spiro atoms. The molecule has 0 aromatic rings. The first-order valence-electron chi connectivity index (χ1n) is 4.38. The van der Waals surface area contributed by atoms with Crippen LogP contribution in [0.5, 0.6) is 0 Å². The van der Waals surface area contributed by atoms with E-state index in [1.54, 1.807) is 0 Å². The smallest absolute Gasteiger partial charge is 0.180 e. The molecule has 2 atom stereocenters. The molecule has 0 aliphatic carbocycles. The van der Waals surface area contributed by atoms with Crippen molar-refractivity contribution in [2.24, 2.45) is 0 Å². The summed E-state index contributed by atoms with van der Waals surface area (Å²) in [6.07, 6.45) is 1.34. The number of hydrogen-bond acceptors (Lipinski definition) is 5. The maximum atomic E-state index is 8.70. The summed E-state index contributed by atoms with van der Waals surface area (Å²) in [5.41, 5.74) is 0. The van der Waals surface area contributed by atoms with Crippen molar-refractivity contribution in [1.82, 2.24) is 0 Å². The minimum absolute atomic E-state index is 0. The maximum absolute atomic E-state index is 8.70. The number of aliphatic hydroxyl groups excluding tert-OH is 2. The summed E-state index contributed by atoms with van der Waals surface area (Å²) >= 11 is 0. The summed E-state index contributed by atoms with van der Waals surface area (Å²) in [7, 11) is 1.45. The van der Waals surface area contributed by atoms with Crippen LogP contribution in [0.15, 0.2) is 0 Å². The summed E-state index contributed by atoms with van der Waals surface area (Å²) in [5.74, 6) is 0. The summed E-state index contributed by atoms with van der Waals surface area (Å²) in [4.78, 5) is 8.68. The Balaban J connectivity index is -0.0000000246. The maximum Gasteiger partial charge on any atom is 0.180 e. The Hall–Kier alpha value is 3.64. The summed E-state index contributed by atoms with van der Waals surface area (Å²) in [5, 5.41) is 17.3. The van der Waals surface area contributed by atoms with E-state index in [-0.39, 0.29) is 146 Å². The predicted octanol–water partition coefficient (Wildman–Crippen LogP) is -0.160. The third-order valence-corrected chi connectivity index (χ3v) is 1.42. The van der Waals surface area contributed by atoms with E-state index < -0.39 is 6.29 Å². The average Bonchev–Trinajstić information content (AvgIpc) is 2.21. The first kappa shape index (κ1) is 49.5. The molecule has 0 aromatic heterocycles. The number of methoxy groups -OCH3 is 1. The van der Waals surface area contributed by atoms with Crippen molar-refractivity contribution in [2.75, 3.05) is 20.3 Å². The second-order valence-electron chi connectivity index (χ2n) is 2.40. The molecule has 0 saturated carbocycles. The van der Waals surface area contributed by atoms with E-state index in [2.05, 4.69) is 0 Å². The molecule has 0 saturated heterocycles. The molecule has 20 heavy (non-hydrogen) atoms. The van der Waals surface area contributed by atoms with Crippen LogP contribution in [0.1, 0.15) is 20.3 Å². The van der Waals surface area contributed by atoms with Gasteiger partial charge in [0.2, 0.25) is 0 Å². The van der Waals surface area contributed by atoms with Crippen LogP contribution in [0.25, 0.3) is 0 Å². The van der Waals surface area contributed by atoms with Gasteiger partial charge in [0.15, 0.2) is 6.29 Å². The van der Waals surface area contributed by atoms with Gasteiger partial charge in [-0.15, -0.1) is 0 Å². The van der Waals surface area contributed by atoms with Crippen molar-refractivity contribution in [2.45, 2.75) is 32.7 Å². The zero-order valence-corrected chi connectivity index (χ0v) is 28.9. The van der Waals surface area contributed by atoms with Gasteiger partial charge in [-0.1, -0.05) is 6.92 Å². The third kappa shape index (κ3) is 37.7. The number of ether oxygens (including phenoxy) is 2. The van der Waals surface area contributed by atoms with E-state index in [1.165, 1.54) is 20.3 Å². The van der Waals surface area contributed by atoms with Crippen LogP contribution in [-0.4, -0.2) is 49.2 Å². The molecule has 0 heterocycles. The zero-order valence-electron chi connectivity index (χ0n) is 11.3. The molecule has 0 aromatic carbocycles. The fraction of sp³-hybridized carbons (Fsp3) is 0.889. The molecule has 122 valence electrons. The number of rotatable bonds is 6. The first-order valence-corrected chi connectivity index (χ1v) is 4.38. The van der Waals surface area contributed by atoms with Crippen molar-refractivity contribution in [3.8, 4) is 0 Å². The minimum atomic E-state index is -0.618.